The number of nitrogens with zero attached hydrogens (tertiary/aromatic N) is 4. The zero-order valence-corrected chi connectivity index (χ0v) is 8.87. The van der Waals surface area contributed by atoms with Crippen molar-refractivity contribution in [2.75, 3.05) is 7.11 Å². The van der Waals surface area contributed by atoms with Crippen molar-refractivity contribution in [1.29, 1.82) is 0 Å². The van der Waals surface area contributed by atoms with E-state index in [2.05, 4.69) is 15.3 Å². The van der Waals surface area contributed by atoms with Gasteiger partial charge >= 0.3 is 0 Å². The maximum absolute atomic E-state index is 8.97. The number of hydrogen-bond donors (Lipinski definition) is 1. The largest absolute Gasteiger partial charge is 0.390 e. The fourth-order valence-corrected chi connectivity index (χ4v) is 1.33. The van der Waals surface area contributed by atoms with E-state index in [1.807, 2.05) is 0 Å². The molecule has 0 saturated heterocycles. The molecule has 0 radical (unpaired) electrons. The molecule has 2 heterocycles. The highest BCUT2D eigenvalue weighted by molar-refractivity contribution is 5.30. The molecule has 0 aromatic carbocycles. The lowest BCUT2D eigenvalue weighted by Crippen LogP contribution is -1.97. The lowest BCUT2D eigenvalue weighted by Gasteiger charge is -2.00. The second-order valence-electron chi connectivity index (χ2n) is 3.25. The first-order valence-electron chi connectivity index (χ1n) is 4.80. The maximum Gasteiger partial charge on any atom is 0.109 e. The topological polar surface area (TPSA) is 73.1 Å². The number of aromatic nitrogens is 4. The number of methoxy groups -OCH3 is 1. The Kier molecular flexibility index (Phi) is 3.23. The molecule has 0 spiro atoms. The quantitative estimate of drug-likeness (QED) is 0.802. The van der Waals surface area contributed by atoms with Crippen LogP contribution in [0.25, 0.3) is 5.69 Å². The van der Waals surface area contributed by atoms with Crippen LogP contribution in [0.3, 0.4) is 0 Å². The van der Waals surface area contributed by atoms with Crippen LogP contribution in [0, 0.1) is 0 Å². The van der Waals surface area contributed by atoms with Crippen molar-refractivity contribution < 1.29 is 9.84 Å². The Morgan fingerprint density at radius 3 is 3.06 bits per heavy atom. The van der Waals surface area contributed by atoms with Crippen LogP contribution >= 0.6 is 0 Å². The molecule has 84 valence electrons. The standard InChI is InChI=1S/C10H12N4O2/c1-16-7-9-5-14(13-12-9)10-2-3-11-8(4-10)6-15/h2-5,15H,6-7H2,1H3. The van der Waals surface area contributed by atoms with E-state index in [9.17, 15) is 0 Å². The van der Waals surface area contributed by atoms with Crippen molar-refractivity contribution in [2.45, 2.75) is 13.2 Å². The van der Waals surface area contributed by atoms with Crippen LogP contribution in [0.15, 0.2) is 24.5 Å². The summed E-state index contributed by atoms with van der Waals surface area (Å²) in [7, 11) is 1.61. The number of aliphatic hydroxyl groups is 1. The van der Waals surface area contributed by atoms with Gasteiger partial charge in [0, 0.05) is 13.3 Å². The first-order chi connectivity index (χ1) is 7.83. The minimum absolute atomic E-state index is 0.0898. The van der Waals surface area contributed by atoms with E-state index in [4.69, 9.17) is 9.84 Å². The van der Waals surface area contributed by atoms with Crippen molar-refractivity contribution in [2.24, 2.45) is 0 Å². The van der Waals surface area contributed by atoms with E-state index in [0.29, 0.717) is 12.3 Å². The third kappa shape index (κ3) is 2.23. The Morgan fingerprint density at radius 2 is 2.31 bits per heavy atom. The average Bonchev–Trinajstić information content (AvgIpc) is 2.78. The van der Waals surface area contributed by atoms with E-state index < -0.39 is 0 Å². The number of rotatable bonds is 4. The predicted octanol–water partition coefficient (Wildman–Crippen LogP) is 0.301. The van der Waals surface area contributed by atoms with Crippen molar-refractivity contribution >= 4 is 0 Å². The molecule has 0 fully saturated rings. The fourth-order valence-electron chi connectivity index (χ4n) is 1.33. The van der Waals surface area contributed by atoms with Crippen LogP contribution in [0.1, 0.15) is 11.4 Å². The van der Waals surface area contributed by atoms with Crippen LogP contribution in [0.5, 0.6) is 0 Å². The molecule has 0 amide bonds. The third-order valence-corrected chi connectivity index (χ3v) is 2.06. The number of ether oxygens (including phenoxy) is 1. The lowest BCUT2D eigenvalue weighted by atomic mass is 10.3. The van der Waals surface area contributed by atoms with E-state index in [1.165, 1.54) is 0 Å². The normalized spacial score (nSPS) is 10.6. The highest BCUT2D eigenvalue weighted by Crippen LogP contribution is 2.08. The molecular formula is C10H12N4O2. The smallest absolute Gasteiger partial charge is 0.109 e. The van der Waals surface area contributed by atoms with Gasteiger partial charge in [-0.05, 0) is 12.1 Å². The van der Waals surface area contributed by atoms with Crippen molar-refractivity contribution in [3.05, 3.63) is 35.9 Å². The predicted molar refractivity (Wildman–Crippen MR) is 55.8 cm³/mol. The minimum atomic E-state index is -0.0898. The van der Waals surface area contributed by atoms with Gasteiger partial charge in [0.2, 0.25) is 0 Å². The molecule has 0 aliphatic carbocycles. The van der Waals surface area contributed by atoms with Crippen molar-refractivity contribution in [1.82, 2.24) is 20.0 Å². The molecule has 0 aliphatic rings. The van der Waals surface area contributed by atoms with Gasteiger partial charge in [-0.3, -0.25) is 4.98 Å². The molecule has 16 heavy (non-hydrogen) atoms. The Bertz CT molecular complexity index is 469. The molecule has 0 atom stereocenters. The lowest BCUT2D eigenvalue weighted by molar-refractivity contribution is 0.181. The molecule has 2 rings (SSSR count). The summed E-state index contributed by atoms with van der Waals surface area (Å²) in [4.78, 5) is 3.99. The zero-order chi connectivity index (χ0) is 11.4. The van der Waals surface area contributed by atoms with Crippen LogP contribution < -0.4 is 0 Å². The van der Waals surface area contributed by atoms with Gasteiger partial charge in [0.15, 0.2) is 0 Å². The number of aliphatic hydroxyl groups excluding tert-OH is 1. The average molecular weight is 220 g/mol. The van der Waals surface area contributed by atoms with Gasteiger partial charge in [0.05, 0.1) is 30.8 Å². The SMILES string of the molecule is COCc1cn(-c2ccnc(CO)c2)nn1. The Hall–Kier alpha value is -1.79. The van der Waals surface area contributed by atoms with Crippen molar-refractivity contribution in [3.63, 3.8) is 0 Å². The molecule has 6 nitrogen and oxygen atoms in total. The minimum Gasteiger partial charge on any atom is -0.390 e. The summed E-state index contributed by atoms with van der Waals surface area (Å²) in [6, 6.07) is 3.55. The Balaban J connectivity index is 2.27. The van der Waals surface area contributed by atoms with Gasteiger partial charge in [-0.25, -0.2) is 4.68 Å². The van der Waals surface area contributed by atoms with Crippen LogP contribution in [-0.4, -0.2) is 32.2 Å². The van der Waals surface area contributed by atoms with Crippen LogP contribution in [0.4, 0.5) is 0 Å². The molecule has 0 saturated carbocycles. The molecule has 2 aromatic heterocycles. The van der Waals surface area contributed by atoms with Crippen LogP contribution in [0.2, 0.25) is 0 Å². The van der Waals surface area contributed by atoms with Gasteiger partial charge in [-0.1, -0.05) is 5.21 Å². The molecule has 0 bridgehead atoms. The second-order valence-corrected chi connectivity index (χ2v) is 3.25. The zero-order valence-electron chi connectivity index (χ0n) is 8.87. The molecule has 0 unspecified atom stereocenters. The summed E-state index contributed by atoms with van der Waals surface area (Å²) in [6.07, 6.45) is 3.40. The molecule has 1 N–H and O–H groups in total. The van der Waals surface area contributed by atoms with Gasteiger partial charge < -0.3 is 9.84 Å². The monoisotopic (exact) mass is 220 g/mol. The first kappa shape index (κ1) is 10.7. The van der Waals surface area contributed by atoms with E-state index in [1.54, 1.807) is 36.3 Å². The highest BCUT2D eigenvalue weighted by Gasteiger charge is 2.03. The third-order valence-electron chi connectivity index (χ3n) is 2.06. The Morgan fingerprint density at radius 1 is 1.44 bits per heavy atom. The molecule has 2 aromatic rings. The summed E-state index contributed by atoms with van der Waals surface area (Å²) in [5, 5.41) is 16.9. The van der Waals surface area contributed by atoms with Gasteiger partial charge in [-0.15, -0.1) is 5.10 Å². The van der Waals surface area contributed by atoms with Gasteiger partial charge in [0.1, 0.15) is 5.69 Å². The second kappa shape index (κ2) is 4.82. The summed E-state index contributed by atoms with van der Waals surface area (Å²) in [5.74, 6) is 0. The van der Waals surface area contributed by atoms with E-state index in [-0.39, 0.29) is 6.61 Å². The molecule has 6 heteroatoms. The number of hydrogen-bond acceptors (Lipinski definition) is 5. The Labute approximate surface area is 92.5 Å². The summed E-state index contributed by atoms with van der Waals surface area (Å²) in [5.41, 5.74) is 2.17. The van der Waals surface area contributed by atoms with E-state index in [0.717, 1.165) is 11.4 Å². The fraction of sp³-hybridized carbons (Fsp3) is 0.300. The van der Waals surface area contributed by atoms with Gasteiger partial charge in [-0.2, -0.15) is 0 Å². The van der Waals surface area contributed by atoms with Gasteiger partial charge in [0.25, 0.3) is 0 Å². The van der Waals surface area contributed by atoms with E-state index >= 15 is 0 Å². The molecular weight excluding hydrogens is 208 g/mol. The number of pyridine rings is 1. The van der Waals surface area contributed by atoms with Crippen molar-refractivity contribution in [3.8, 4) is 5.69 Å². The highest BCUT2D eigenvalue weighted by atomic mass is 16.5. The van der Waals surface area contributed by atoms with Crippen LogP contribution in [-0.2, 0) is 18.0 Å². The summed E-state index contributed by atoms with van der Waals surface area (Å²) in [6.45, 7) is 0.339. The summed E-state index contributed by atoms with van der Waals surface area (Å²) >= 11 is 0. The maximum atomic E-state index is 8.97. The summed E-state index contributed by atoms with van der Waals surface area (Å²) < 4.78 is 6.57. The molecule has 0 aliphatic heterocycles. The first-order valence-corrected chi connectivity index (χ1v) is 4.80.